The van der Waals surface area contributed by atoms with E-state index in [9.17, 15) is 0 Å². The fraction of sp³-hybridized carbons (Fsp3) is 0.0714. The summed E-state index contributed by atoms with van der Waals surface area (Å²) in [4.78, 5) is 4.66. The molecule has 96 valence electrons. The van der Waals surface area contributed by atoms with Gasteiger partial charge >= 0.3 is 0 Å². The molecule has 19 heavy (non-hydrogen) atoms. The number of anilines is 1. The van der Waals surface area contributed by atoms with Crippen LogP contribution in [0.4, 0.5) is 5.82 Å². The van der Waals surface area contributed by atoms with Crippen LogP contribution >= 0.6 is 31.9 Å². The molecule has 0 saturated carbocycles. The largest absolute Gasteiger partial charge is 0.383 e. The number of imidazole rings is 1. The summed E-state index contributed by atoms with van der Waals surface area (Å²) < 4.78 is 3.91. The molecular formula is C14H11Br2N3. The van der Waals surface area contributed by atoms with Crippen molar-refractivity contribution in [3.63, 3.8) is 0 Å². The quantitative estimate of drug-likeness (QED) is 0.679. The number of aromatic nitrogens is 2. The van der Waals surface area contributed by atoms with Crippen LogP contribution in [0.15, 0.2) is 45.5 Å². The molecule has 0 radical (unpaired) electrons. The number of hydrogen-bond acceptors (Lipinski definition) is 2. The smallest absolute Gasteiger partial charge is 0.142 e. The van der Waals surface area contributed by atoms with Crippen molar-refractivity contribution >= 4 is 43.3 Å². The highest BCUT2D eigenvalue weighted by atomic mass is 79.9. The number of aryl methyl sites for hydroxylation is 1. The van der Waals surface area contributed by atoms with E-state index in [-0.39, 0.29) is 0 Å². The molecule has 5 heteroatoms. The van der Waals surface area contributed by atoms with Crippen molar-refractivity contribution in [3.05, 3.63) is 51.0 Å². The molecule has 0 saturated heterocycles. The average Bonchev–Trinajstić information content (AvgIpc) is 2.68. The predicted molar refractivity (Wildman–Crippen MR) is 85.2 cm³/mol. The molecule has 2 N–H and O–H groups in total. The van der Waals surface area contributed by atoms with Gasteiger partial charge in [-0.2, -0.15) is 0 Å². The van der Waals surface area contributed by atoms with E-state index in [4.69, 9.17) is 5.73 Å². The molecule has 1 aromatic carbocycles. The monoisotopic (exact) mass is 379 g/mol. The first-order valence-corrected chi connectivity index (χ1v) is 7.34. The Balaban J connectivity index is 2.31. The van der Waals surface area contributed by atoms with Crippen molar-refractivity contribution < 1.29 is 0 Å². The molecule has 0 aliphatic carbocycles. The lowest BCUT2D eigenvalue weighted by Gasteiger charge is -2.01. The van der Waals surface area contributed by atoms with E-state index in [0.29, 0.717) is 5.82 Å². The Kier molecular flexibility index (Phi) is 3.11. The Hall–Kier alpha value is -1.33. The van der Waals surface area contributed by atoms with Gasteiger partial charge in [-0.1, -0.05) is 28.1 Å². The molecule has 3 rings (SSSR count). The van der Waals surface area contributed by atoms with Crippen molar-refractivity contribution in [2.24, 2.45) is 0 Å². The topological polar surface area (TPSA) is 43.3 Å². The van der Waals surface area contributed by atoms with Gasteiger partial charge in [-0.25, -0.2) is 4.98 Å². The van der Waals surface area contributed by atoms with Gasteiger partial charge in [0.15, 0.2) is 0 Å². The highest BCUT2D eigenvalue weighted by molar-refractivity contribution is 9.10. The Labute approximate surface area is 127 Å². The first kappa shape index (κ1) is 12.7. The second-order valence-electron chi connectivity index (χ2n) is 4.39. The lowest BCUT2D eigenvalue weighted by atomic mass is 10.1. The molecule has 3 nitrogen and oxygen atoms in total. The number of halogens is 2. The van der Waals surface area contributed by atoms with E-state index in [1.807, 2.05) is 47.9 Å². The molecular weight excluding hydrogens is 370 g/mol. The maximum Gasteiger partial charge on any atom is 0.142 e. The van der Waals surface area contributed by atoms with Gasteiger partial charge in [0.1, 0.15) is 17.2 Å². The van der Waals surface area contributed by atoms with Gasteiger partial charge in [0.05, 0.1) is 0 Å². The van der Waals surface area contributed by atoms with Crippen LogP contribution < -0.4 is 5.73 Å². The second kappa shape index (κ2) is 4.65. The summed E-state index contributed by atoms with van der Waals surface area (Å²) in [6, 6.07) is 10.0. The van der Waals surface area contributed by atoms with E-state index in [1.54, 1.807) is 0 Å². The summed E-state index contributed by atoms with van der Waals surface area (Å²) in [5.74, 6) is 0.650. The summed E-state index contributed by atoms with van der Waals surface area (Å²) >= 11 is 6.95. The minimum absolute atomic E-state index is 0.650. The Morgan fingerprint density at radius 1 is 1.16 bits per heavy atom. The molecule has 0 aliphatic rings. The molecule has 2 heterocycles. The van der Waals surface area contributed by atoms with Crippen LogP contribution in [-0.2, 0) is 0 Å². The third kappa shape index (κ3) is 2.17. The van der Waals surface area contributed by atoms with E-state index in [0.717, 1.165) is 31.4 Å². The Morgan fingerprint density at radius 3 is 2.68 bits per heavy atom. The fourth-order valence-electron chi connectivity index (χ4n) is 2.13. The van der Waals surface area contributed by atoms with E-state index >= 15 is 0 Å². The van der Waals surface area contributed by atoms with Gasteiger partial charge in [0, 0.05) is 20.7 Å². The molecule has 0 aliphatic heterocycles. The summed E-state index contributed by atoms with van der Waals surface area (Å²) in [5, 5.41) is 0. The summed E-state index contributed by atoms with van der Waals surface area (Å²) in [7, 11) is 0. The number of benzene rings is 1. The number of rotatable bonds is 1. The maximum absolute atomic E-state index is 6.22. The zero-order valence-corrected chi connectivity index (χ0v) is 13.4. The molecule has 0 fully saturated rings. The van der Waals surface area contributed by atoms with Gasteiger partial charge in [0.2, 0.25) is 0 Å². The number of hydrogen-bond donors (Lipinski definition) is 1. The van der Waals surface area contributed by atoms with Crippen LogP contribution in [0.3, 0.4) is 0 Å². The molecule has 0 unspecified atom stereocenters. The second-order valence-corrected chi connectivity index (χ2v) is 6.22. The van der Waals surface area contributed by atoms with E-state index in [1.165, 1.54) is 0 Å². The van der Waals surface area contributed by atoms with Gasteiger partial charge in [-0.15, -0.1) is 0 Å². The van der Waals surface area contributed by atoms with Crippen LogP contribution in [0, 0.1) is 6.92 Å². The van der Waals surface area contributed by atoms with Crippen LogP contribution in [0.5, 0.6) is 0 Å². The molecule has 0 atom stereocenters. The average molecular weight is 381 g/mol. The van der Waals surface area contributed by atoms with Gasteiger partial charge in [-0.3, -0.25) is 4.40 Å². The maximum atomic E-state index is 6.22. The van der Waals surface area contributed by atoms with Crippen molar-refractivity contribution in [3.8, 4) is 11.3 Å². The summed E-state index contributed by atoms with van der Waals surface area (Å²) in [6.07, 6.45) is 1.94. The molecule has 0 spiro atoms. The lowest BCUT2D eigenvalue weighted by Crippen LogP contribution is -1.95. The highest BCUT2D eigenvalue weighted by Gasteiger charge is 2.13. The third-order valence-corrected chi connectivity index (χ3v) is 3.93. The Bertz CT molecular complexity index is 778. The first-order chi connectivity index (χ1) is 9.06. The molecule has 2 aromatic heterocycles. The number of nitrogens with two attached hydrogens (primary N) is 1. The number of pyridine rings is 1. The summed E-state index contributed by atoms with van der Waals surface area (Å²) in [6.45, 7) is 2.03. The van der Waals surface area contributed by atoms with Crippen molar-refractivity contribution in [1.29, 1.82) is 0 Å². The molecule has 3 aromatic rings. The standard InChI is InChI=1S/C14H11Br2N3/c1-8-5-11(16)7-19-13(17)12(18-14(8)19)9-3-2-4-10(15)6-9/h2-7H,17H2,1H3. The normalized spacial score (nSPS) is 11.1. The minimum atomic E-state index is 0.650. The van der Waals surface area contributed by atoms with Crippen molar-refractivity contribution in [2.45, 2.75) is 6.92 Å². The third-order valence-electron chi connectivity index (χ3n) is 3.01. The van der Waals surface area contributed by atoms with Crippen LogP contribution in [0.2, 0.25) is 0 Å². The van der Waals surface area contributed by atoms with Crippen LogP contribution in [0.25, 0.3) is 16.9 Å². The minimum Gasteiger partial charge on any atom is -0.383 e. The zero-order valence-electron chi connectivity index (χ0n) is 10.2. The summed E-state index contributed by atoms with van der Waals surface area (Å²) in [5.41, 5.74) is 10.0. The van der Waals surface area contributed by atoms with Crippen molar-refractivity contribution in [2.75, 3.05) is 5.73 Å². The number of nitrogens with zero attached hydrogens (tertiary/aromatic N) is 2. The molecule has 0 amide bonds. The van der Waals surface area contributed by atoms with E-state index < -0.39 is 0 Å². The van der Waals surface area contributed by atoms with Gasteiger partial charge in [-0.05, 0) is 46.6 Å². The van der Waals surface area contributed by atoms with E-state index in [2.05, 4.69) is 36.8 Å². The number of fused-ring (bicyclic) bond motifs is 1. The fourth-order valence-corrected chi connectivity index (χ4v) is 3.08. The van der Waals surface area contributed by atoms with Gasteiger partial charge in [0.25, 0.3) is 0 Å². The van der Waals surface area contributed by atoms with Crippen molar-refractivity contribution in [1.82, 2.24) is 9.38 Å². The lowest BCUT2D eigenvalue weighted by molar-refractivity contribution is 1.16. The Morgan fingerprint density at radius 2 is 1.95 bits per heavy atom. The van der Waals surface area contributed by atoms with Crippen LogP contribution in [0.1, 0.15) is 5.56 Å². The SMILES string of the molecule is Cc1cc(Br)cn2c(N)c(-c3cccc(Br)c3)nc12. The van der Waals surface area contributed by atoms with Crippen LogP contribution in [-0.4, -0.2) is 9.38 Å². The number of nitrogen functional groups attached to an aromatic ring is 1. The highest BCUT2D eigenvalue weighted by Crippen LogP contribution is 2.30. The first-order valence-electron chi connectivity index (χ1n) is 5.76. The zero-order chi connectivity index (χ0) is 13.6. The predicted octanol–water partition coefficient (Wildman–Crippen LogP) is 4.42. The molecule has 0 bridgehead atoms. The van der Waals surface area contributed by atoms with Gasteiger partial charge < -0.3 is 5.73 Å².